The van der Waals surface area contributed by atoms with Gasteiger partial charge in [-0.2, -0.15) is 0 Å². The predicted octanol–water partition coefficient (Wildman–Crippen LogP) is 3.40. The molecule has 0 bridgehead atoms. The van der Waals surface area contributed by atoms with Gasteiger partial charge in [-0.3, -0.25) is 9.69 Å². The molecule has 1 heterocycles. The number of halogens is 1. The number of nitrogens with one attached hydrogen (secondary N) is 1. The quantitative estimate of drug-likeness (QED) is 0.924. The first kappa shape index (κ1) is 16.3. The van der Waals surface area contributed by atoms with Crippen LogP contribution < -0.4 is 10.2 Å². The first-order valence-electron chi connectivity index (χ1n) is 7.62. The number of benzene rings is 2. The van der Waals surface area contributed by atoms with Crippen molar-refractivity contribution in [1.82, 2.24) is 5.32 Å². The summed E-state index contributed by atoms with van der Waals surface area (Å²) in [7, 11) is 0. The summed E-state index contributed by atoms with van der Waals surface area (Å²) in [5, 5.41) is 3.42. The molecule has 3 rings (SSSR count). The highest BCUT2D eigenvalue weighted by atomic mass is 35.5. The van der Waals surface area contributed by atoms with Crippen molar-refractivity contribution >= 4 is 29.3 Å². The lowest BCUT2D eigenvalue weighted by atomic mass is 10.1. The topological polar surface area (TPSA) is 58.6 Å². The van der Waals surface area contributed by atoms with Gasteiger partial charge in [0.2, 0.25) is 0 Å². The molecule has 0 radical (unpaired) electrons. The van der Waals surface area contributed by atoms with Gasteiger partial charge in [-0.05, 0) is 42.8 Å². The van der Waals surface area contributed by atoms with Crippen molar-refractivity contribution < 1.29 is 14.3 Å². The summed E-state index contributed by atoms with van der Waals surface area (Å²) in [5.74, 6) is -0.172. The number of rotatable bonds is 4. The standard InChI is InChI=1S/C18H17ClN2O3/c1-12-4-2-3-5-16(12)17(22)20-10-15-11-21(18(23)24-15)14-8-6-13(19)7-9-14/h2-9,15H,10-11H2,1H3,(H,20,22). The fourth-order valence-corrected chi connectivity index (χ4v) is 2.72. The Morgan fingerprint density at radius 1 is 1.25 bits per heavy atom. The second kappa shape index (κ2) is 6.93. The van der Waals surface area contributed by atoms with E-state index in [2.05, 4.69) is 5.32 Å². The fraction of sp³-hybridized carbons (Fsp3) is 0.222. The van der Waals surface area contributed by atoms with Gasteiger partial charge in [0.1, 0.15) is 6.10 Å². The van der Waals surface area contributed by atoms with E-state index in [1.807, 2.05) is 25.1 Å². The highest BCUT2D eigenvalue weighted by Crippen LogP contribution is 2.23. The van der Waals surface area contributed by atoms with E-state index in [4.69, 9.17) is 16.3 Å². The Labute approximate surface area is 145 Å². The van der Waals surface area contributed by atoms with E-state index in [0.29, 0.717) is 17.1 Å². The van der Waals surface area contributed by atoms with Gasteiger partial charge in [0.05, 0.1) is 13.1 Å². The zero-order valence-electron chi connectivity index (χ0n) is 13.2. The second-order valence-corrected chi connectivity index (χ2v) is 6.05. The molecule has 1 fully saturated rings. The number of hydrogen-bond acceptors (Lipinski definition) is 3. The fourth-order valence-electron chi connectivity index (χ4n) is 2.59. The van der Waals surface area contributed by atoms with Crippen LogP contribution in [0.5, 0.6) is 0 Å². The van der Waals surface area contributed by atoms with Crippen LogP contribution in [0.15, 0.2) is 48.5 Å². The first-order chi connectivity index (χ1) is 11.5. The van der Waals surface area contributed by atoms with Crippen LogP contribution in [0.3, 0.4) is 0 Å². The summed E-state index contributed by atoms with van der Waals surface area (Å²) in [6.07, 6.45) is -0.811. The molecule has 1 saturated heterocycles. The number of carbonyl (C=O) groups is 2. The van der Waals surface area contributed by atoms with Crippen LogP contribution >= 0.6 is 11.6 Å². The summed E-state index contributed by atoms with van der Waals surface area (Å²) >= 11 is 5.86. The maximum absolute atomic E-state index is 12.2. The van der Waals surface area contributed by atoms with Crippen LogP contribution in [0.25, 0.3) is 0 Å². The van der Waals surface area contributed by atoms with Crippen LogP contribution in [0.4, 0.5) is 10.5 Å². The highest BCUT2D eigenvalue weighted by molar-refractivity contribution is 6.30. The van der Waals surface area contributed by atoms with Crippen LogP contribution in [0.1, 0.15) is 15.9 Å². The van der Waals surface area contributed by atoms with Crippen molar-refractivity contribution in [2.75, 3.05) is 18.0 Å². The number of aryl methyl sites for hydroxylation is 1. The number of ether oxygens (including phenoxy) is 1. The third kappa shape index (κ3) is 3.51. The number of nitrogens with zero attached hydrogens (tertiary/aromatic N) is 1. The molecule has 0 spiro atoms. The molecule has 2 aromatic carbocycles. The Morgan fingerprint density at radius 3 is 2.67 bits per heavy atom. The van der Waals surface area contributed by atoms with Gasteiger partial charge in [0.25, 0.3) is 5.91 Å². The van der Waals surface area contributed by atoms with Gasteiger partial charge in [-0.25, -0.2) is 4.79 Å². The van der Waals surface area contributed by atoms with Crippen LogP contribution in [-0.2, 0) is 4.74 Å². The van der Waals surface area contributed by atoms with Gasteiger partial charge in [0.15, 0.2) is 0 Å². The van der Waals surface area contributed by atoms with E-state index >= 15 is 0 Å². The molecule has 24 heavy (non-hydrogen) atoms. The lowest BCUT2D eigenvalue weighted by molar-refractivity contribution is 0.0915. The van der Waals surface area contributed by atoms with Gasteiger partial charge in [0, 0.05) is 16.3 Å². The second-order valence-electron chi connectivity index (χ2n) is 5.62. The molecule has 124 valence electrons. The Morgan fingerprint density at radius 2 is 1.96 bits per heavy atom. The zero-order chi connectivity index (χ0) is 17.1. The maximum Gasteiger partial charge on any atom is 0.414 e. The Kier molecular flexibility index (Phi) is 4.71. The minimum Gasteiger partial charge on any atom is -0.442 e. The number of cyclic esters (lactones) is 1. The number of anilines is 1. The van der Waals surface area contributed by atoms with E-state index in [1.165, 1.54) is 4.90 Å². The lowest BCUT2D eigenvalue weighted by Crippen LogP contribution is -2.34. The summed E-state index contributed by atoms with van der Waals surface area (Å²) in [6.45, 7) is 2.53. The molecule has 6 heteroatoms. The summed E-state index contributed by atoms with van der Waals surface area (Å²) in [6, 6.07) is 14.3. The van der Waals surface area contributed by atoms with Crippen LogP contribution in [0, 0.1) is 6.92 Å². The van der Waals surface area contributed by atoms with Crippen molar-refractivity contribution in [1.29, 1.82) is 0 Å². The molecule has 1 aliphatic heterocycles. The first-order valence-corrected chi connectivity index (χ1v) is 8.00. The molecule has 5 nitrogen and oxygen atoms in total. The summed E-state index contributed by atoms with van der Waals surface area (Å²) in [5.41, 5.74) is 2.25. The number of carbonyl (C=O) groups excluding carboxylic acids is 2. The molecule has 2 amide bonds. The van der Waals surface area contributed by atoms with Gasteiger partial charge in [-0.1, -0.05) is 29.8 Å². The largest absolute Gasteiger partial charge is 0.442 e. The Bertz CT molecular complexity index is 761. The highest BCUT2D eigenvalue weighted by Gasteiger charge is 2.32. The van der Waals surface area contributed by atoms with Gasteiger partial charge < -0.3 is 10.1 Å². The van der Waals surface area contributed by atoms with Gasteiger partial charge >= 0.3 is 6.09 Å². The molecular formula is C18H17ClN2O3. The normalized spacial score (nSPS) is 16.8. The van der Waals surface area contributed by atoms with Crippen molar-refractivity contribution in [3.8, 4) is 0 Å². The van der Waals surface area contributed by atoms with Crippen molar-refractivity contribution in [3.63, 3.8) is 0 Å². The van der Waals surface area contributed by atoms with Crippen molar-refractivity contribution in [3.05, 3.63) is 64.7 Å². The summed E-state index contributed by atoms with van der Waals surface area (Å²) < 4.78 is 5.31. The van der Waals surface area contributed by atoms with Crippen LogP contribution in [-0.4, -0.2) is 31.2 Å². The summed E-state index contributed by atoms with van der Waals surface area (Å²) in [4.78, 5) is 25.7. The minimum atomic E-state index is -0.424. The average molecular weight is 345 g/mol. The van der Waals surface area contributed by atoms with E-state index in [1.54, 1.807) is 30.3 Å². The maximum atomic E-state index is 12.2. The average Bonchev–Trinajstić information content (AvgIpc) is 2.95. The molecular weight excluding hydrogens is 328 g/mol. The van der Waals surface area contributed by atoms with E-state index in [-0.39, 0.29) is 18.6 Å². The minimum absolute atomic E-state index is 0.172. The molecule has 1 N–H and O–H groups in total. The third-order valence-electron chi connectivity index (χ3n) is 3.89. The number of amides is 2. The lowest BCUT2D eigenvalue weighted by Gasteiger charge is -2.13. The van der Waals surface area contributed by atoms with E-state index in [0.717, 1.165) is 11.3 Å². The van der Waals surface area contributed by atoms with Gasteiger partial charge in [-0.15, -0.1) is 0 Å². The monoisotopic (exact) mass is 344 g/mol. The molecule has 2 aromatic rings. The molecule has 1 aliphatic rings. The van der Waals surface area contributed by atoms with E-state index < -0.39 is 6.09 Å². The smallest absolute Gasteiger partial charge is 0.414 e. The van der Waals surface area contributed by atoms with Crippen LogP contribution in [0.2, 0.25) is 5.02 Å². The molecule has 0 aromatic heterocycles. The Balaban J connectivity index is 1.59. The molecule has 0 saturated carbocycles. The van der Waals surface area contributed by atoms with Crippen molar-refractivity contribution in [2.24, 2.45) is 0 Å². The zero-order valence-corrected chi connectivity index (χ0v) is 13.9. The Hall–Kier alpha value is -2.53. The SMILES string of the molecule is Cc1ccccc1C(=O)NCC1CN(c2ccc(Cl)cc2)C(=O)O1. The number of hydrogen-bond donors (Lipinski definition) is 1. The molecule has 0 aliphatic carbocycles. The molecule has 1 atom stereocenters. The predicted molar refractivity (Wildman–Crippen MR) is 92.6 cm³/mol. The van der Waals surface area contributed by atoms with Crippen molar-refractivity contribution in [2.45, 2.75) is 13.0 Å². The van der Waals surface area contributed by atoms with E-state index in [9.17, 15) is 9.59 Å². The third-order valence-corrected chi connectivity index (χ3v) is 4.14. The molecule has 1 unspecified atom stereocenters.